The predicted molar refractivity (Wildman–Crippen MR) is 102 cm³/mol. The topological polar surface area (TPSA) is 85.6 Å². The van der Waals surface area contributed by atoms with Gasteiger partial charge in [-0.25, -0.2) is 4.79 Å². The first-order valence-corrected chi connectivity index (χ1v) is 8.92. The highest BCUT2D eigenvalue weighted by Gasteiger charge is 2.14. The summed E-state index contributed by atoms with van der Waals surface area (Å²) >= 11 is 0. The first kappa shape index (κ1) is 18.6. The van der Waals surface area contributed by atoms with E-state index < -0.39 is 5.97 Å². The van der Waals surface area contributed by atoms with Gasteiger partial charge in [0.15, 0.2) is 12.3 Å². The van der Waals surface area contributed by atoms with Gasteiger partial charge in [0.05, 0.1) is 5.56 Å². The van der Waals surface area contributed by atoms with E-state index in [1.165, 1.54) is 0 Å². The zero-order chi connectivity index (χ0) is 19.4. The number of carbonyl (C=O) groups excluding carboxylic acids is 2. The molecule has 3 aromatic rings. The Bertz CT molecular complexity index is 972. The van der Waals surface area contributed by atoms with Crippen LogP contribution >= 0.6 is 0 Å². The van der Waals surface area contributed by atoms with E-state index in [9.17, 15) is 9.59 Å². The van der Waals surface area contributed by atoms with Crippen molar-refractivity contribution in [3.05, 3.63) is 59.0 Å². The molecule has 0 fully saturated rings. The number of nitrogens with zero attached hydrogens (tertiary/aromatic N) is 3. The summed E-state index contributed by atoms with van der Waals surface area (Å²) in [7, 11) is 0. The molecule has 0 saturated heterocycles. The van der Waals surface area contributed by atoms with E-state index in [1.54, 1.807) is 29.7 Å². The van der Waals surface area contributed by atoms with Gasteiger partial charge in [-0.15, -0.1) is 10.2 Å². The Morgan fingerprint density at radius 1 is 1.07 bits per heavy atom. The van der Waals surface area contributed by atoms with E-state index in [2.05, 4.69) is 15.5 Å². The van der Waals surface area contributed by atoms with E-state index in [4.69, 9.17) is 4.74 Å². The molecule has 7 nitrogen and oxygen atoms in total. The van der Waals surface area contributed by atoms with Crippen molar-refractivity contribution < 1.29 is 14.3 Å². The minimum Gasteiger partial charge on any atom is -0.452 e. The monoisotopic (exact) mass is 366 g/mol. The molecule has 0 spiro atoms. The number of esters is 1. The number of hydrogen-bond acceptors (Lipinski definition) is 5. The summed E-state index contributed by atoms with van der Waals surface area (Å²) in [6, 6.07) is 9.23. The van der Waals surface area contributed by atoms with Crippen molar-refractivity contribution in [1.82, 2.24) is 14.6 Å². The maximum absolute atomic E-state index is 12.3. The van der Waals surface area contributed by atoms with Crippen LogP contribution < -0.4 is 5.32 Å². The molecular weight excluding hydrogens is 344 g/mol. The summed E-state index contributed by atoms with van der Waals surface area (Å²) in [4.78, 5) is 24.6. The van der Waals surface area contributed by atoms with Gasteiger partial charge in [0.2, 0.25) is 0 Å². The third kappa shape index (κ3) is 3.97. The summed E-state index contributed by atoms with van der Waals surface area (Å²) < 4.78 is 6.87. The molecule has 0 aliphatic carbocycles. The third-order valence-electron chi connectivity index (χ3n) is 4.41. The molecule has 0 saturated carbocycles. The molecule has 0 bridgehead atoms. The molecule has 0 aliphatic rings. The van der Waals surface area contributed by atoms with E-state index in [-0.39, 0.29) is 12.5 Å². The van der Waals surface area contributed by atoms with Gasteiger partial charge in [0, 0.05) is 11.9 Å². The summed E-state index contributed by atoms with van der Waals surface area (Å²) in [5, 5.41) is 10.8. The van der Waals surface area contributed by atoms with Crippen LogP contribution in [0.25, 0.3) is 5.65 Å². The molecule has 3 rings (SSSR count). The lowest BCUT2D eigenvalue weighted by Gasteiger charge is -2.14. The lowest BCUT2D eigenvalue weighted by Crippen LogP contribution is -2.22. The lowest BCUT2D eigenvalue weighted by molar-refractivity contribution is -0.119. The number of nitrogens with one attached hydrogen (secondary N) is 1. The second kappa shape index (κ2) is 7.99. The fourth-order valence-electron chi connectivity index (χ4n) is 2.92. The van der Waals surface area contributed by atoms with Crippen LogP contribution in [0, 0.1) is 6.92 Å². The number of pyridine rings is 1. The Morgan fingerprint density at radius 3 is 2.44 bits per heavy atom. The fourth-order valence-corrected chi connectivity index (χ4v) is 2.92. The van der Waals surface area contributed by atoms with Gasteiger partial charge in [-0.05, 0) is 43.0 Å². The summed E-state index contributed by atoms with van der Waals surface area (Å²) in [5.74, 6) is -0.263. The zero-order valence-electron chi connectivity index (χ0n) is 15.7. The smallest absolute Gasteiger partial charge is 0.340 e. The van der Waals surface area contributed by atoms with E-state index in [0.29, 0.717) is 17.0 Å². The standard InChI is InChI=1S/C20H22N4O3/c1-4-14-7-6-8-15(5-2)19(14)21-18(25)12-27-20(26)16-9-10-17-23-22-13(3)24(17)11-16/h6-11H,4-5,12H2,1-3H3,(H,21,25). The molecular formula is C20H22N4O3. The van der Waals surface area contributed by atoms with E-state index in [1.807, 2.05) is 32.0 Å². The van der Waals surface area contributed by atoms with Gasteiger partial charge >= 0.3 is 5.97 Å². The number of fused-ring (bicyclic) bond motifs is 1. The van der Waals surface area contributed by atoms with Crippen molar-refractivity contribution in [1.29, 1.82) is 0 Å². The molecule has 0 aliphatic heterocycles. The molecule has 2 aromatic heterocycles. The fraction of sp³-hybridized carbons (Fsp3) is 0.300. The van der Waals surface area contributed by atoms with Crippen molar-refractivity contribution >= 4 is 23.2 Å². The number of ether oxygens (including phenoxy) is 1. The van der Waals surface area contributed by atoms with Gasteiger partial charge in [-0.1, -0.05) is 32.0 Å². The molecule has 7 heteroatoms. The summed E-state index contributed by atoms with van der Waals surface area (Å²) in [6.07, 6.45) is 3.22. The van der Waals surface area contributed by atoms with E-state index >= 15 is 0 Å². The highest BCUT2D eigenvalue weighted by Crippen LogP contribution is 2.22. The van der Waals surface area contributed by atoms with Gasteiger partial charge < -0.3 is 10.1 Å². The number of aryl methyl sites for hydroxylation is 3. The number of aromatic nitrogens is 3. The largest absolute Gasteiger partial charge is 0.452 e. The lowest BCUT2D eigenvalue weighted by atomic mass is 10.0. The maximum atomic E-state index is 12.3. The number of amides is 1. The van der Waals surface area contributed by atoms with Gasteiger partial charge in [-0.3, -0.25) is 9.20 Å². The molecule has 0 radical (unpaired) electrons. The number of hydrogen-bond donors (Lipinski definition) is 1. The molecule has 1 amide bonds. The molecule has 0 atom stereocenters. The van der Waals surface area contributed by atoms with Crippen LogP contribution in [0.3, 0.4) is 0 Å². The van der Waals surface area contributed by atoms with Crippen molar-refractivity contribution in [3.63, 3.8) is 0 Å². The highest BCUT2D eigenvalue weighted by atomic mass is 16.5. The van der Waals surface area contributed by atoms with Gasteiger partial charge in [-0.2, -0.15) is 0 Å². The van der Waals surface area contributed by atoms with Crippen LogP contribution in [0.15, 0.2) is 36.5 Å². The average Bonchev–Trinajstić information content (AvgIpc) is 3.06. The minimum atomic E-state index is -0.570. The first-order chi connectivity index (χ1) is 13.0. The van der Waals surface area contributed by atoms with Crippen molar-refractivity contribution in [2.75, 3.05) is 11.9 Å². The van der Waals surface area contributed by atoms with Crippen molar-refractivity contribution in [2.24, 2.45) is 0 Å². The normalized spacial score (nSPS) is 10.8. The third-order valence-corrected chi connectivity index (χ3v) is 4.41. The number of rotatable bonds is 6. The van der Waals surface area contributed by atoms with Crippen LogP contribution in [-0.2, 0) is 22.4 Å². The maximum Gasteiger partial charge on any atom is 0.340 e. The van der Waals surface area contributed by atoms with Crippen LogP contribution in [0.2, 0.25) is 0 Å². The Kier molecular flexibility index (Phi) is 5.49. The molecule has 140 valence electrons. The Hall–Kier alpha value is -3.22. The van der Waals surface area contributed by atoms with Gasteiger partial charge in [0.25, 0.3) is 5.91 Å². The predicted octanol–water partition coefficient (Wildman–Crippen LogP) is 2.96. The number of benzene rings is 1. The van der Waals surface area contributed by atoms with Crippen LogP contribution in [-0.4, -0.2) is 33.1 Å². The SMILES string of the molecule is CCc1cccc(CC)c1NC(=O)COC(=O)c1ccc2nnc(C)n2c1. The molecule has 0 unspecified atom stereocenters. The average molecular weight is 366 g/mol. The first-order valence-electron chi connectivity index (χ1n) is 8.92. The van der Waals surface area contributed by atoms with E-state index in [0.717, 1.165) is 29.7 Å². The summed E-state index contributed by atoms with van der Waals surface area (Å²) in [5.41, 5.74) is 3.90. The molecule has 2 heterocycles. The van der Waals surface area contributed by atoms with Crippen LogP contribution in [0.1, 0.15) is 41.2 Å². The number of para-hydroxylation sites is 1. The Morgan fingerprint density at radius 2 is 1.78 bits per heavy atom. The second-order valence-electron chi connectivity index (χ2n) is 6.18. The molecule has 1 N–H and O–H groups in total. The summed E-state index contributed by atoms with van der Waals surface area (Å²) in [6.45, 7) is 5.51. The van der Waals surface area contributed by atoms with Crippen LogP contribution in [0.5, 0.6) is 0 Å². The Balaban J connectivity index is 1.66. The molecule has 1 aromatic carbocycles. The van der Waals surface area contributed by atoms with Crippen molar-refractivity contribution in [3.8, 4) is 0 Å². The van der Waals surface area contributed by atoms with Crippen molar-refractivity contribution in [2.45, 2.75) is 33.6 Å². The molecule has 27 heavy (non-hydrogen) atoms. The second-order valence-corrected chi connectivity index (χ2v) is 6.18. The quantitative estimate of drug-likeness (QED) is 0.678. The highest BCUT2D eigenvalue weighted by molar-refractivity contribution is 5.96. The zero-order valence-corrected chi connectivity index (χ0v) is 15.7. The number of anilines is 1. The number of carbonyl (C=O) groups is 2. The Labute approximate surface area is 157 Å². The minimum absolute atomic E-state index is 0.335. The van der Waals surface area contributed by atoms with Crippen LogP contribution in [0.4, 0.5) is 5.69 Å². The van der Waals surface area contributed by atoms with Gasteiger partial charge in [0.1, 0.15) is 5.82 Å².